The monoisotopic (exact) mass is 256 g/mol. The zero-order chi connectivity index (χ0) is 11.4. The molecule has 3 unspecified atom stereocenters. The summed E-state index contributed by atoms with van der Waals surface area (Å²) in [5.74, 6) is 1.23. The zero-order valence-corrected chi connectivity index (χ0v) is 11.6. The second kappa shape index (κ2) is 6.03. The van der Waals surface area contributed by atoms with Crippen LogP contribution < -0.4 is 5.32 Å². The van der Waals surface area contributed by atoms with Gasteiger partial charge in [0, 0.05) is 22.7 Å². The molecular formula is C12H20N2S2. The molecule has 0 saturated heterocycles. The molecule has 1 aliphatic carbocycles. The van der Waals surface area contributed by atoms with Crippen LogP contribution in [0.3, 0.4) is 0 Å². The van der Waals surface area contributed by atoms with Crippen molar-refractivity contribution in [1.29, 1.82) is 0 Å². The van der Waals surface area contributed by atoms with Crippen molar-refractivity contribution in [2.75, 3.05) is 5.75 Å². The number of aromatic nitrogens is 1. The Morgan fingerprint density at radius 3 is 3.19 bits per heavy atom. The number of hydrogen-bond donors (Lipinski definition) is 1. The van der Waals surface area contributed by atoms with Crippen LogP contribution in [0.4, 0.5) is 0 Å². The van der Waals surface area contributed by atoms with Crippen LogP contribution in [0.5, 0.6) is 0 Å². The highest BCUT2D eigenvalue weighted by atomic mass is 32.2. The van der Waals surface area contributed by atoms with Crippen molar-refractivity contribution in [3.05, 3.63) is 16.6 Å². The third-order valence-corrected chi connectivity index (χ3v) is 5.12. The van der Waals surface area contributed by atoms with Crippen LogP contribution in [0.2, 0.25) is 0 Å². The lowest BCUT2D eigenvalue weighted by Crippen LogP contribution is -2.36. The summed E-state index contributed by atoms with van der Waals surface area (Å²) >= 11 is 3.79. The van der Waals surface area contributed by atoms with Gasteiger partial charge in [0.15, 0.2) is 0 Å². The molecule has 1 aromatic heterocycles. The highest BCUT2D eigenvalue weighted by molar-refractivity contribution is 7.99. The Balaban J connectivity index is 1.88. The van der Waals surface area contributed by atoms with E-state index >= 15 is 0 Å². The normalized spacial score (nSPS) is 27.1. The molecule has 0 aromatic carbocycles. The van der Waals surface area contributed by atoms with Gasteiger partial charge in [-0.3, -0.25) is 0 Å². The maximum atomic E-state index is 4.38. The molecule has 1 aromatic rings. The fourth-order valence-corrected chi connectivity index (χ4v) is 4.23. The van der Waals surface area contributed by atoms with Crippen molar-refractivity contribution in [2.24, 2.45) is 0 Å². The van der Waals surface area contributed by atoms with Crippen molar-refractivity contribution >= 4 is 23.1 Å². The standard InChI is InChI=1S/C12H20N2S2/c1-3-16-12-6-4-5-10(12)14-9(2)11-7-15-8-13-11/h7-10,12,14H,3-6H2,1-2H3. The van der Waals surface area contributed by atoms with E-state index in [1.807, 2.05) is 5.51 Å². The third kappa shape index (κ3) is 2.99. The Morgan fingerprint density at radius 1 is 1.62 bits per heavy atom. The Hall–Kier alpha value is -0.0600. The number of rotatable bonds is 5. The summed E-state index contributed by atoms with van der Waals surface area (Å²) in [5, 5.41) is 6.70. The van der Waals surface area contributed by atoms with E-state index in [-0.39, 0.29) is 0 Å². The number of hydrogen-bond acceptors (Lipinski definition) is 4. The predicted octanol–water partition coefficient (Wildman–Crippen LogP) is 3.47. The van der Waals surface area contributed by atoms with E-state index in [2.05, 4.69) is 41.3 Å². The SMILES string of the molecule is CCSC1CCCC1NC(C)c1cscn1. The van der Waals surface area contributed by atoms with Gasteiger partial charge in [0.1, 0.15) is 0 Å². The summed E-state index contributed by atoms with van der Waals surface area (Å²) in [5.41, 5.74) is 3.11. The maximum absolute atomic E-state index is 4.38. The third-order valence-electron chi connectivity index (χ3n) is 3.19. The van der Waals surface area contributed by atoms with Gasteiger partial charge in [0.2, 0.25) is 0 Å². The first kappa shape index (κ1) is 12.4. The molecule has 1 saturated carbocycles. The van der Waals surface area contributed by atoms with E-state index in [1.54, 1.807) is 11.3 Å². The van der Waals surface area contributed by atoms with Crippen LogP contribution in [0.25, 0.3) is 0 Å². The molecule has 0 spiro atoms. The van der Waals surface area contributed by atoms with Crippen molar-refractivity contribution in [3.63, 3.8) is 0 Å². The molecule has 4 heteroatoms. The summed E-state index contributed by atoms with van der Waals surface area (Å²) < 4.78 is 0. The van der Waals surface area contributed by atoms with Gasteiger partial charge < -0.3 is 5.32 Å². The van der Waals surface area contributed by atoms with E-state index in [0.717, 1.165) is 5.25 Å². The molecule has 0 aliphatic heterocycles. The molecule has 3 atom stereocenters. The quantitative estimate of drug-likeness (QED) is 0.873. The average Bonchev–Trinajstić information content (AvgIpc) is 2.90. The van der Waals surface area contributed by atoms with E-state index in [1.165, 1.54) is 30.7 Å². The van der Waals surface area contributed by atoms with Crippen LogP contribution in [0, 0.1) is 0 Å². The molecular weight excluding hydrogens is 236 g/mol. The summed E-state index contributed by atoms with van der Waals surface area (Å²) in [6, 6.07) is 1.08. The second-order valence-electron chi connectivity index (χ2n) is 4.33. The van der Waals surface area contributed by atoms with Crippen LogP contribution in [0.15, 0.2) is 10.9 Å². The lowest BCUT2D eigenvalue weighted by atomic mass is 10.2. The van der Waals surface area contributed by atoms with Crippen molar-refractivity contribution < 1.29 is 0 Å². The first-order valence-corrected chi connectivity index (χ1v) is 8.06. The first-order valence-electron chi connectivity index (χ1n) is 6.07. The summed E-state index contributed by atoms with van der Waals surface area (Å²) in [6.07, 6.45) is 4.07. The molecule has 2 rings (SSSR count). The maximum Gasteiger partial charge on any atom is 0.0795 e. The highest BCUT2D eigenvalue weighted by Gasteiger charge is 2.28. The molecule has 1 heterocycles. The lowest BCUT2D eigenvalue weighted by Gasteiger charge is -2.23. The molecule has 1 aliphatic rings. The minimum absolute atomic E-state index is 0.398. The Kier molecular flexibility index (Phi) is 4.67. The number of nitrogens with zero attached hydrogens (tertiary/aromatic N) is 1. The van der Waals surface area contributed by atoms with Crippen molar-refractivity contribution in [3.8, 4) is 0 Å². The van der Waals surface area contributed by atoms with Crippen LogP contribution in [-0.4, -0.2) is 22.0 Å². The van der Waals surface area contributed by atoms with Gasteiger partial charge >= 0.3 is 0 Å². The largest absolute Gasteiger partial charge is 0.305 e. The average molecular weight is 256 g/mol. The topological polar surface area (TPSA) is 24.9 Å². The minimum atomic E-state index is 0.398. The molecule has 0 radical (unpaired) electrons. The number of thioether (sulfide) groups is 1. The summed E-state index contributed by atoms with van der Waals surface area (Å²) in [4.78, 5) is 4.38. The lowest BCUT2D eigenvalue weighted by molar-refractivity contribution is 0.462. The van der Waals surface area contributed by atoms with Gasteiger partial charge in [-0.05, 0) is 25.5 Å². The Bertz CT molecular complexity index is 300. The predicted molar refractivity (Wildman–Crippen MR) is 73.2 cm³/mol. The molecule has 16 heavy (non-hydrogen) atoms. The van der Waals surface area contributed by atoms with Crippen molar-refractivity contribution in [1.82, 2.24) is 10.3 Å². The summed E-state index contributed by atoms with van der Waals surface area (Å²) in [7, 11) is 0. The summed E-state index contributed by atoms with van der Waals surface area (Å²) in [6.45, 7) is 4.48. The fraction of sp³-hybridized carbons (Fsp3) is 0.750. The molecule has 0 amide bonds. The van der Waals surface area contributed by atoms with Gasteiger partial charge in [-0.2, -0.15) is 11.8 Å². The van der Waals surface area contributed by atoms with Crippen molar-refractivity contribution in [2.45, 2.75) is 50.4 Å². The molecule has 2 nitrogen and oxygen atoms in total. The van der Waals surface area contributed by atoms with Gasteiger partial charge in [0.05, 0.1) is 11.2 Å². The van der Waals surface area contributed by atoms with E-state index in [0.29, 0.717) is 12.1 Å². The minimum Gasteiger partial charge on any atom is -0.305 e. The van der Waals surface area contributed by atoms with Gasteiger partial charge in [-0.15, -0.1) is 11.3 Å². The van der Waals surface area contributed by atoms with Gasteiger partial charge in [-0.1, -0.05) is 13.3 Å². The van der Waals surface area contributed by atoms with Crippen LogP contribution in [-0.2, 0) is 0 Å². The van der Waals surface area contributed by atoms with E-state index in [9.17, 15) is 0 Å². The second-order valence-corrected chi connectivity index (χ2v) is 6.57. The number of nitrogens with one attached hydrogen (secondary N) is 1. The van der Waals surface area contributed by atoms with Crippen LogP contribution >= 0.6 is 23.1 Å². The smallest absolute Gasteiger partial charge is 0.0795 e. The Morgan fingerprint density at radius 2 is 2.50 bits per heavy atom. The number of thiazole rings is 1. The zero-order valence-electron chi connectivity index (χ0n) is 9.98. The van der Waals surface area contributed by atoms with E-state index in [4.69, 9.17) is 0 Å². The first-order chi connectivity index (χ1) is 7.81. The fourth-order valence-electron chi connectivity index (χ4n) is 2.37. The van der Waals surface area contributed by atoms with Gasteiger partial charge in [-0.25, -0.2) is 4.98 Å². The molecule has 0 bridgehead atoms. The van der Waals surface area contributed by atoms with E-state index < -0.39 is 0 Å². The van der Waals surface area contributed by atoms with Gasteiger partial charge in [0.25, 0.3) is 0 Å². The molecule has 1 N–H and O–H groups in total. The Labute approximate surface area is 106 Å². The highest BCUT2D eigenvalue weighted by Crippen LogP contribution is 2.31. The molecule has 90 valence electrons. The van der Waals surface area contributed by atoms with Crippen LogP contribution in [0.1, 0.15) is 44.8 Å². The molecule has 1 fully saturated rings.